The number of hydrogen-bond donors (Lipinski definition) is 8. The van der Waals surface area contributed by atoms with Gasteiger partial charge in [-0.3, -0.25) is 19.2 Å². The van der Waals surface area contributed by atoms with Crippen LogP contribution in [0.3, 0.4) is 0 Å². The molecule has 0 spiro atoms. The van der Waals surface area contributed by atoms with E-state index in [0.29, 0.717) is 31.4 Å². The van der Waals surface area contributed by atoms with Crippen LogP contribution in [0.15, 0.2) is 24.3 Å². The molecule has 3 unspecified atom stereocenters. The summed E-state index contributed by atoms with van der Waals surface area (Å²) in [4.78, 5) is 59.3. The lowest BCUT2D eigenvalue weighted by molar-refractivity contribution is -0.142. The molecule has 0 radical (unpaired) electrons. The molecule has 3 atom stereocenters. The highest BCUT2D eigenvalue weighted by Crippen LogP contribution is 2.11. The molecule has 188 valence electrons. The molecule has 0 fully saturated rings. The topological polar surface area (TPSA) is 234 Å². The van der Waals surface area contributed by atoms with Gasteiger partial charge >= 0.3 is 11.9 Å². The summed E-state index contributed by atoms with van der Waals surface area (Å²) in [7, 11) is 0. The molecular weight excluding hydrogens is 450 g/mol. The van der Waals surface area contributed by atoms with Crippen LogP contribution in [0, 0.1) is 0 Å². The van der Waals surface area contributed by atoms with Gasteiger partial charge in [-0.25, -0.2) is 4.79 Å². The molecule has 0 aromatic heterocycles. The summed E-state index contributed by atoms with van der Waals surface area (Å²) in [5, 5.41) is 34.4. The molecule has 0 aliphatic carbocycles. The molecule has 34 heavy (non-hydrogen) atoms. The van der Waals surface area contributed by atoms with Crippen molar-refractivity contribution in [2.75, 3.05) is 13.1 Å². The summed E-state index contributed by atoms with van der Waals surface area (Å²) in [6.45, 7) is -0.217. The third-order valence-electron chi connectivity index (χ3n) is 4.75. The molecule has 0 aliphatic heterocycles. The van der Waals surface area contributed by atoms with E-state index >= 15 is 0 Å². The van der Waals surface area contributed by atoms with Crippen LogP contribution in [0.5, 0.6) is 5.75 Å². The van der Waals surface area contributed by atoms with Crippen LogP contribution in [0.4, 0.5) is 0 Å². The van der Waals surface area contributed by atoms with Crippen molar-refractivity contribution < 1.29 is 39.3 Å². The molecule has 0 bridgehead atoms. The van der Waals surface area contributed by atoms with Crippen molar-refractivity contribution in [3.05, 3.63) is 29.8 Å². The second-order valence-corrected chi connectivity index (χ2v) is 7.60. The number of hydrogen-bond acceptors (Lipinski definition) is 8. The van der Waals surface area contributed by atoms with E-state index in [4.69, 9.17) is 16.6 Å². The maximum absolute atomic E-state index is 12.4. The average Bonchev–Trinajstić information content (AvgIpc) is 2.77. The molecule has 1 aromatic rings. The van der Waals surface area contributed by atoms with Crippen molar-refractivity contribution in [1.82, 2.24) is 16.0 Å². The first-order valence-electron chi connectivity index (χ1n) is 10.6. The summed E-state index contributed by atoms with van der Waals surface area (Å²) < 4.78 is 0. The number of carbonyl (C=O) groups excluding carboxylic acids is 3. The minimum atomic E-state index is -1.48. The molecule has 1 rings (SSSR count). The van der Waals surface area contributed by atoms with Gasteiger partial charge in [-0.1, -0.05) is 18.6 Å². The lowest BCUT2D eigenvalue weighted by Gasteiger charge is -2.20. The minimum Gasteiger partial charge on any atom is -0.508 e. The van der Waals surface area contributed by atoms with Gasteiger partial charge in [0.15, 0.2) is 0 Å². The zero-order chi connectivity index (χ0) is 25.7. The van der Waals surface area contributed by atoms with E-state index in [2.05, 4.69) is 16.0 Å². The molecule has 3 amide bonds. The Balaban J connectivity index is 2.65. The number of aromatic hydroxyl groups is 1. The molecule has 10 N–H and O–H groups in total. The molecule has 13 nitrogen and oxygen atoms in total. The van der Waals surface area contributed by atoms with Gasteiger partial charge in [0.05, 0.1) is 19.0 Å². The number of aliphatic carboxylic acids is 2. The van der Waals surface area contributed by atoms with Crippen LogP contribution in [0.25, 0.3) is 0 Å². The van der Waals surface area contributed by atoms with Crippen LogP contribution in [0.1, 0.15) is 31.2 Å². The van der Waals surface area contributed by atoms with Gasteiger partial charge in [-0.15, -0.1) is 0 Å². The van der Waals surface area contributed by atoms with Crippen molar-refractivity contribution in [1.29, 1.82) is 0 Å². The van der Waals surface area contributed by atoms with Crippen molar-refractivity contribution in [3.63, 3.8) is 0 Å². The molecule has 0 aliphatic rings. The molecule has 13 heteroatoms. The van der Waals surface area contributed by atoms with E-state index in [9.17, 15) is 34.2 Å². The lowest BCUT2D eigenvalue weighted by atomic mass is 10.1. The van der Waals surface area contributed by atoms with E-state index in [1.54, 1.807) is 0 Å². The predicted molar refractivity (Wildman–Crippen MR) is 119 cm³/mol. The third-order valence-corrected chi connectivity index (χ3v) is 4.75. The van der Waals surface area contributed by atoms with Crippen LogP contribution < -0.4 is 27.4 Å². The number of amides is 3. The molecule has 1 aromatic carbocycles. The van der Waals surface area contributed by atoms with E-state index in [0.717, 1.165) is 0 Å². The Morgan fingerprint density at radius 2 is 1.56 bits per heavy atom. The standard InChI is InChI=1S/C21H31N5O8/c22-8-2-1-3-14(23)19(31)26-15(10-18(29)30)20(32)24-11-17(28)25-16(21(33)34)9-12-4-6-13(27)7-5-12/h4-7,14-16,27H,1-3,8-11,22-23H2,(H,24,32)(H,25,28)(H,26,31)(H,29,30)(H,33,34). The van der Waals surface area contributed by atoms with Gasteiger partial charge in [0.1, 0.15) is 17.8 Å². The fraction of sp³-hybridized carbons (Fsp3) is 0.476. The number of nitrogens with one attached hydrogen (secondary N) is 3. The van der Waals surface area contributed by atoms with Gasteiger partial charge in [-0.2, -0.15) is 0 Å². The summed E-state index contributed by atoms with van der Waals surface area (Å²) in [5.41, 5.74) is 11.7. The van der Waals surface area contributed by atoms with Crippen molar-refractivity contribution in [2.45, 2.75) is 50.2 Å². The number of phenols is 1. The second-order valence-electron chi connectivity index (χ2n) is 7.60. The average molecular weight is 482 g/mol. The number of phenolic OH excluding ortho intramolecular Hbond substituents is 1. The fourth-order valence-corrected chi connectivity index (χ4v) is 2.91. The van der Waals surface area contributed by atoms with Crippen molar-refractivity contribution in [3.8, 4) is 5.75 Å². The quantitative estimate of drug-likeness (QED) is 0.129. The number of benzene rings is 1. The molecular formula is C21H31N5O8. The monoisotopic (exact) mass is 481 g/mol. The Hall–Kier alpha value is -3.71. The van der Waals surface area contributed by atoms with Crippen LogP contribution in [-0.4, -0.2) is 76.2 Å². The number of carboxylic acids is 2. The largest absolute Gasteiger partial charge is 0.508 e. The Morgan fingerprint density at radius 3 is 2.12 bits per heavy atom. The first-order valence-corrected chi connectivity index (χ1v) is 10.6. The number of carboxylic acid groups (broad SMARTS) is 2. The molecule has 0 heterocycles. The number of nitrogens with two attached hydrogens (primary N) is 2. The van der Waals surface area contributed by atoms with Crippen molar-refractivity contribution in [2.24, 2.45) is 11.5 Å². The van der Waals surface area contributed by atoms with Crippen molar-refractivity contribution >= 4 is 29.7 Å². The Kier molecular flexibility index (Phi) is 12.0. The van der Waals surface area contributed by atoms with Gasteiger partial charge in [0.25, 0.3) is 0 Å². The van der Waals surface area contributed by atoms with Crippen LogP contribution >= 0.6 is 0 Å². The first-order chi connectivity index (χ1) is 16.0. The SMILES string of the molecule is NCCCCC(N)C(=O)NC(CC(=O)O)C(=O)NCC(=O)NC(Cc1ccc(O)cc1)C(=O)O. The Labute approximate surface area is 195 Å². The summed E-state index contributed by atoms with van der Waals surface area (Å²) >= 11 is 0. The minimum absolute atomic E-state index is 0.00175. The maximum atomic E-state index is 12.4. The number of rotatable bonds is 15. The van der Waals surface area contributed by atoms with Crippen LogP contribution in [-0.2, 0) is 30.4 Å². The summed E-state index contributed by atoms with van der Waals surface area (Å²) in [6.07, 6.45) is 0.710. The van der Waals surface area contributed by atoms with E-state index < -0.39 is 60.8 Å². The van der Waals surface area contributed by atoms with E-state index in [-0.39, 0.29) is 12.2 Å². The number of unbranched alkanes of at least 4 members (excludes halogenated alkanes) is 1. The van der Waals surface area contributed by atoms with Gasteiger partial charge < -0.3 is 42.7 Å². The van der Waals surface area contributed by atoms with E-state index in [1.807, 2.05) is 0 Å². The lowest BCUT2D eigenvalue weighted by Crippen LogP contribution is -2.54. The highest BCUT2D eigenvalue weighted by atomic mass is 16.4. The van der Waals surface area contributed by atoms with Gasteiger partial charge in [0.2, 0.25) is 17.7 Å². The maximum Gasteiger partial charge on any atom is 0.326 e. The summed E-state index contributed by atoms with van der Waals surface area (Å²) in [5.74, 6) is -5.16. The van der Waals surface area contributed by atoms with Crippen LogP contribution in [0.2, 0.25) is 0 Å². The zero-order valence-corrected chi connectivity index (χ0v) is 18.5. The first kappa shape index (κ1) is 28.3. The normalized spacial score (nSPS) is 13.2. The third kappa shape index (κ3) is 10.7. The van der Waals surface area contributed by atoms with Gasteiger partial charge in [0, 0.05) is 6.42 Å². The fourth-order valence-electron chi connectivity index (χ4n) is 2.91. The highest BCUT2D eigenvalue weighted by Gasteiger charge is 2.27. The molecule has 0 saturated carbocycles. The predicted octanol–water partition coefficient (Wildman–Crippen LogP) is -1.96. The smallest absolute Gasteiger partial charge is 0.326 e. The molecule has 0 saturated heterocycles. The van der Waals surface area contributed by atoms with Gasteiger partial charge in [-0.05, 0) is 37.1 Å². The second kappa shape index (κ2) is 14.4. The van der Waals surface area contributed by atoms with E-state index in [1.165, 1.54) is 24.3 Å². The Morgan fingerprint density at radius 1 is 0.912 bits per heavy atom. The summed E-state index contributed by atoms with van der Waals surface area (Å²) in [6, 6.07) is 1.99. The Bertz CT molecular complexity index is 861. The zero-order valence-electron chi connectivity index (χ0n) is 18.5. The number of carbonyl (C=O) groups is 5. The highest BCUT2D eigenvalue weighted by molar-refractivity contribution is 5.94.